The van der Waals surface area contributed by atoms with Gasteiger partial charge in [-0.3, -0.25) is 14.4 Å². The van der Waals surface area contributed by atoms with Gasteiger partial charge in [0, 0.05) is 56.3 Å². The molecule has 0 saturated carbocycles. The summed E-state index contributed by atoms with van der Waals surface area (Å²) in [6.45, 7) is 4.85. The molecule has 2 aromatic heterocycles. The zero-order valence-corrected chi connectivity index (χ0v) is 14.3. The number of likely N-dealkylation sites (tertiary alicyclic amines) is 1. The smallest absolute Gasteiger partial charge is 0.252 e. The summed E-state index contributed by atoms with van der Waals surface area (Å²) in [6.07, 6.45) is 6.98. The predicted molar refractivity (Wildman–Crippen MR) is 89.6 cm³/mol. The Labute approximate surface area is 146 Å². The number of carbonyl (C=O) groups is 1. The molecule has 0 unspecified atom stereocenters. The molecule has 2 atom stereocenters. The van der Waals surface area contributed by atoms with Crippen molar-refractivity contribution in [3.8, 4) is 0 Å². The number of ether oxygens (including phenoxy) is 1. The first-order valence-electron chi connectivity index (χ1n) is 8.47. The molecule has 2 aliphatic heterocycles. The average Bonchev–Trinajstić information content (AvgIpc) is 3.28. The Morgan fingerprint density at radius 2 is 2.36 bits per heavy atom. The molecule has 25 heavy (non-hydrogen) atoms. The minimum absolute atomic E-state index is 0.0155. The van der Waals surface area contributed by atoms with Crippen molar-refractivity contribution in [3.05, 3.63) is 42.0 Å². The van der Waals surface area contributed by atoms with Crippen LogP contribution in [0.4, 0.5) is 0 Å². The topological polar surface area (TPSA) is 85.2 Å². The summed E-state index contributed by atoms with van der Waals surface area (Å²) < 4.78 is 7.57. The van der Waals surface area contributed by atoms with E-state index in [1.807, 2.05) is 17.9 Å². The number of rotatable bonds is 5. The fourth-order valence-electron chi connectivity index (χ4n) is 3.91. The van der Waals surface area contributed by atoms with E-state index in [2.05, 4.69) is 31.7 Å². The molecule has 4 heterocycles. The van der Waals surface area contributed by atoms with Crippen LogP contribution in [0.25, 0.3) is 0 Å². The molecule has 0 bridgehead atoms. The maximum Gasteiger partial charge on any atom is 0.252 e. The van der Waals surface area contributed by atoms with Gasteiger partial charge in [-0.15, -0.1) is 0 Å². The molecule has 0 spiro atoms. The number of carbonyl (C=O) groups excluding carboxylic acids is 1. The quantitative estimate of drug-likeness (QED) is 0.829. The van der Waals surface area contributed by atoms with Crippen LogP contribution in [0.5, 0.6) is 0 Å². The van der Waals surface area contributed by atoms with Gasteiger partial charge < -0.3 is 10.1 Å². The van der Waals surface area contributed by atoms with Crippen molar-refractivity contribution in [2.75, 3.05) is 32.8 Å². The molecular weight excluding hydrogens is 320 g/mol. The fourth-order valence-corrected chi connectivity index (χ4v) is 3.91. The van der Waals surface area contributed by atoms with Gasteiger partial charge in [0.2, 0.25) is 0 Å². The summed E-state index contributed by atoms with van der Waals surface area (Å²) in [7, 11) is 1.93. The third kappa shape index (κ3) is 3.27. The highest BCUT2D eigenvalue weighted by molar-refractivity contribution is 5.93. The molecule has 4 rings (SSSR count). The number of fused-ring (bicyclic) bond motifs is 1. The van der Waals surface area contributed by atoms with E-state index in [1.54, 1.807) is 6.07 Å². The first-order valence-corrected chi connectivity index (χ1v) is 8.47. The van der Waals surface area contributed by atoms with Crippen molar-refractivity contribution in [2.24, 2.45) is 18.4 Å². The van der Waals surface area contributed by atoms with Crippen molar-refractivity contribution in [3.63, 3.8) is 0 Å². The van der Waals surface area contributed by atoms with E-state index in [4.69, 9.17) is 4.74 Å². The highest BCUT2D eigenvalue weighted by atomic mass is 16.5. The Bertz CT molecular complexity index is 749. The number of aromatic nitrogens is 4. The minimum atomic E-state index is -0.111. The molecule has 1 N–H and O–H groups in total. The largest absolute Gasteiger partial charge is 0.380 e. The van der Waals surface area contributed by atoms with Crippen LogP contribution in [0, 0.1) is 11.3 Å². The van der Waals surface area contributed by atoms with Crippen LogP contribution in [0.1, 0.15) is 15.9 Å². The monoisotopic (exact) mass is 342 g/mol. The molecule has 2 aromatic rings. The van der Waals surface area contributed by atoms with Crippen LogP contribution in [0.15, 0.2) is 30.9 Å². The summed E-state index contributed by atoms with van der Waals surface area (Å²) in [5.74, 6) is 0.334. The standard InChI is InChI=1S/C17H22N6O2/c1-22-6-13(4-21-22)7-23-8-15-9-25-12-17(15,11-23)10-18-16(24)14-2-3-19-20-5-14/h2-6,15H,7-12H2,1H3,(H,18,24)/t15-,17+/m1/s1. The van der Waals surface area contributed by atoms with Gasteiger partial charge in [0.15, 0.2) is 0 Å². The van der Waals surface area contributed by atoms with E-state index in [0.29, 0.717) is 24.6 Å². The van der Waals surface area contributed by atoms with Gasteiger partial charge in [-0.2, -0.15) is 15.3 Å². The highest BCUT2D eigenvalue weighted by Gasteiger charge is 2.50. The van der Waals surface area contributed by atoms with Gasteiger partial charge in [0.1, 0.15) is 0 Å². The number of aryl methyl sites for hydroxylation is 1. The maximum absolute atomic E-state index is 12.3. The van der Waals surface area contributed by atoms with Crippen LogP contribution >= 0.6 is 0 Å². The van der Waals surface area contributed by atoms with Gasteiger partial charge in [-0.1, -0.05) is 0 Å². The molecular formula is C17H22N6O2. The van der Waals surface area contributed by atoms with Gasteiger partial charge in [0.25, 0.3) is 5.91 Å². The van der Waals surface area contributed by atoms with E-state index in [0.717, 1.165) is 26.2 Å². The van der Waals surface area contributed by atoms with Crippen molar-refractivity contribution >= 4 is 5.91 Å². The zero-order chi connectivity index (χ0) is 17.3. The SMILES string of the molecule is Cn1cc(CN2C[C@@H]3COC[C@]3(CNC(=O)c3ccnnc3)C2)cn1. The Kier molecular flexibility index (Phi) is 4.22. The molecule has 8 nitrogen and oxygen atoms in total. The molecule has 2 aliphatic rings. The second-order valence-corrected chi connectivity index (χ2v) is 7.08. The molecule has 8 heteroatoms. The average molecular weight is 342 g/mol. The van der Waals surface area contributed by atoms with Gasteiger partial charge in [-0.05, 0) is 6.07 Å². The summed E-state index contributed by atoms with van der Waals surface area (Å²) in [5, 5.41) is 14.8. The van der Waals surface area contributed by atoms with Crippen LogP contribution in [0.3, 0.4) is 0 Å². The first-order chi connectivity index (χ1) is 12.1. The Morgan fingerprint density at radius 3 is 3.12 bits per heavy atom. The number of nitrogens with zero attached hydrogens (tertiary/aromatic N) is 5. The molecule has 2 saturated heterocycles. The Hall–Kier alpha value is -2.32. The molecule has 2 fully saturated rings. The maximum atomic E-state index is 12.3. The third-order valence-electron chi connectivity index (χ3n) is 5.20. The first kappa shape index (κ1) is 16.2. The van der Waals surface area contributed by atoms with Crippen molar-refractivity contribution in [1.82, 2.24) is 30.2 Å². The van der Waals surface area contributed by atoms with Gasteiger partial charge in [-0.25, -0.2) is 0 Å². The van der Waals surface area contributed by atoms with E-state index >= 15 is 0 Å². The van der Waals surface area contributed by atoms with Crippen molar-refractivity contribution in [2.45, 2.75) is 6.54 Å². The molecule has 0 aliphatic carbocycles. The second kappa shape index (κ2) is 6.53. The lowest BCUT2D eigenvalue weighted by Crippen LogP contribution is -2.43. The number of amides is 1. The van der Waals surface area contributed by atoms with Gasteiger partial charge in [0.05, 0.1) is 37.4 Å². The van der Waals surface area contributed by atoms with E-state index in [1.165, 1.54) is 18.0 Å². The van der Waals surface area contributed by atoms with E-state index in [9.17, 15) is 4.79 Å². The van der Waals surface area contributed by atoms with Crippen LogP contribution < -0.4 is 5.32 Å². The molecule has 0 aromatic carbocycles. The number of hydrogen-bond acceptors (Lipinski definition) is 6. The van der Waals surface area contributed by atoms with Crippen LogP contribution in [0.2, 0.25) is 0 Å². The zero-order valence-electron chi connectivity index (χ0n) is 14.3. The molecule has 1 amide bonds. The van der Waals surface area contributed by atoms with Crippen molar-refractivity contribution < 1.29 is 9.53 Å². The minimum Gasteiger partial charge on any atom is -0.380 e. The third-order valence-corrected chi connectivity index (χ3v) is 5.20. The Balaban J connectivity index is 1.40. The lowest BCUT2D eigenvalue weighted by atomic mass is 9.81. The van der Waals surface area contributed by atoms with E-state index in [-0.39, 0.29) is 11.3 Å². The lowest BCUT2D eigenvalue weighted by Gasteiger charge is -2.27. The predicted octanol–water partition coefficient (Wildman–Crippen LogP) is 0.0885. The molecule has 0 radical (unpaired) electrons. The number of nitrogens with one attached hydrogen (secondary N) is 1. The molecule has 132 valence electrons. The van der Waals surface area contributed by atoms with Crippen molar-refractivity contribution in [1.29, 1.82) is 0 Å². The number of hydrogen-bond donors (Lipinski definition) is 1. The van der Waals surface area contributed by atoms with Crippen LogP contribution in [-0.2, 0) is 18.3 Å². The summed E-state index contributed by atoms with van der Waals surface area (Å²) in [5.41, 5.74) is 1.73. The van der Waals surface area contributed by atoms with Crippen LogP contribution in [-0.4, -0.2) is 63.6 Å². The summed E-state index contributed by atoms with van der Waals surface area (Å²) in [4.78, 5) is 14.8. The van der Waals surface area contributed by atoms with Gasteiger partial charge >= 0.3 is 0 Å². The van der Waals surface area contributed by atoms with E-state index < -0.39 is 0 Å². The summed E-state index contributed by atoms with van der Waals surface area (Å²) >= 11 is 0. The fraction of sp³-hybridized carbons (Fsp3) is 0.529. The Morgan fingerprint density at radius 1 is 1.44 bits per heavy atom. The highest BCUT2D eigenvalue weighted by Crippen LogP contribution is 2.41. The second-order valence-electron chi connectivity index (χ2n) is 7.08. The summed E-state index contributed by atoms with van der Waals surface area (Å²) in [6, 6.07) is 1.67. The normalized spacial score (nSPS) is 25.9. The lowest BCUT2D eigenvalue weighted by molar-refractivity contribution is 0.0903.